The highest BCUT2D eigenvalue weighted by Gasteiger charge is 2.38. The molecule has 0 bridgehead atoms. The molecule has 10 nitrogen and oxygen atoms in total. The molecule has 12 heteroatoms. The molecule has 6 rings (SSSR count). The largest absolute Gasteiger partial charge is 0.382 e. The second-order valence-electron chi connectivity index (χ2n) is 10.1. The van der Waals surface area contributed by atoms with Crippen molar-refractivity contribution in [2.24, 2.45) is 5.73 Å². The molecule has 2 saturated carbocycles. The second kappa shape index (κ2) is 9.34. The van der Waals surface area contributed by atoms with Crippen LogP contribution in [0.5, 0.6) is 0 Å². The summed E-state index contributed by atoms with van der Waals surface area (Å²) in [6, 6.07) is 1.87. The first-order valence-corrected chi connectivity index (χ1v) is 15.0. The lowest BCUT2D eigenvalue weighted by molar-refractivity contribution is 0.466. The number of nitrogens with two attached hydrogens (primary N) is 1. The maximum atomic E-state index is 12.5. The number of dihydropyridines is 1. The van der Waals surface area contributed by atoms with Gasteiger partial charge in [0.2, 0.25) is 0 Å². The molecule has 3 aromatic rings. The van der Waals surface area contributed by atoms with Gasteiger partial charge in [0, 0.05) is 29.7 Å². The highest BCUT2D eigenvalue weighted by Crippen LogP contribution is 2.41. The Hall–Kier alpha value is -3.53. The summed E-state index contributed by atoms with van der Waals surface area (Å²) >= 11 is 1.67. The Morgan fingerprint density at radius 3 is 2.79 bits per heavy atom. The Morgan fingerprint density at radius 1 is 1.24 bits per heavy atom. The molecule has 3 aromatic heterocycles. The molecule has 4 N–H and O–H groups in total. The number of rotatable bonds is 7. The summed E-state index contributed by atoms with van der Waals surface area (Å²) in [6.45, 7) is 4.09. The van der Waals surface area contributed by atoms with Crippen molar-refractivity contribution in [2.75, 3.05) is 0 Å². The molecule has 0 amide bonds. The predicted molar refractivity (Wildman–Crippen MR) is 145 cm³/mol. The Balaban J connectivity index is 1.27. The van der Waals surface area contributed by atoms with Gasteiger partial charge in [0.05, 0.1) is 45.2 Å². The molecule has 1 atom stereocenters. The van der Waals surface area contributed by atoms with Crippen molar-refractivity contribution in [1.29, 1.82) is 0 Å². The van der Waals surface area contributed by atoms with E-state index >= 15 is 0 Å². The Morgan fingerprint density at radius 2 is 2.05 bits per heavy atom. The van der Waals surface area contributed by atoms with Gasteiger partial charge in [-0.2, -0.15) is 9.19 Å². The van der Waals surface area contributed by atoms with Crippen molar-refractivity contribution in [3.8, 4) is 23.2 Å². The van der Waals surface area contributed by atoms with Crippen LogP contribution in [-0.2, 0) is 15.7 Å². The summed E-state index contributed by atoms with van der Waals surface area (Å²) in [6.07, 6.45) is 11.9. The van der Waals surface area contributed by atoms with E-state index in [1.165, 1.54) is 25.2 Å². The fourth-order valence-corrected chi connectivity index (χ4v) is 6.50. The minimum Gasteiger partial charge on any atom is -0.382 e. The van der Waals surface area contributed by atoms with Crippen LogP contribution in [0.15, 0.2) is 53.6 Å². The van der Waals surface area contributed by atoms with Crippen LogP contribution in [0.4, 0.5) is 0 Å². The maximum absolute atomic E-state index is 12.5. The number of hydrogen-bond donors (Lipinski definition) is 3. The lowest BCUT2D eigenvalue weighted by Gasteiger charge is -2.32. The molecule has 38 heavy (non-hydrogen) atoms. The van der Waals surface area contributed by atoms with Crippen molar-refractivity contribution in [2.45, 2.75) is 62.4 Å². The topological polar surface area (TPSA) is 141 Å². The third-order valence-electron chi connectivity index (χ3n) is 6.44. The van der Waals surface area contributed by atoms with E-state index in [0.717, 1.165) is 26.1 Å². The fourth-order valence-electron chi connectivity index (χ4n) is 4.10. The van der Waals surface area contributed by atoms with Crippen molar-refractivity contribution < 1.29 is 8.42 Å². The van der Waals surface area contributed by atoms with Gasteiger partial charge in [0.1, 0.15) is 5.69 Å². The Kier molecular flexibility index (Phi) is 6.09. The maximum Gasteiger partial charge on any atom is 0.256 e. The van der Waals surface area contributed by atoms with Crippen LogP contribution in [0.2, 0.25) is 0 Å². The van der Waals surface area contributed by atoms with E-state index in [9.17, 15) is 8.42 Å². The summed E-state index contributed by atoms with van der Waals surface area (Å²) in [4.78, 5) is 13.6. The first-order chi connectivity index (χ1) is 18.2. The number of nitrogens with zero attached hydrogens (tertiary/aromatic N) is 5. The number of hydrogen-bond acceptors (Lipinski definition) is 10. The summed E-state index contributed by atoms with van der Waals surface area (Å²) in [5.41, 5.74) is 8.98. The number of aromatic nitrogens is 5. The monoisotopic (exact) mass is 548 g/mol. The predicted octanol–water partition coefficient (Wildman–Crippen LogP) is 2.55. The minimum atomic E-state index is -3.48. The van der Waals surface area contributed by atoms with E-state index in [1.54, 1.807) is 29.8 Å². The van der Waals surface area contributed by atoms with Crippen LogP contribution in [0, 0.1) is 11.8 Å². The van der Waals surface area contributed by atoms with E-state index in [2.05, 4.69) is 42.5 Å². The standard InChI is InChI=1S/C26H28N8O2S2/c1-16(2)31-22-11-26(27,29-12-18(22)5-6-20-15-37-25(32-20)17-3-4-17)23-9-10-28-24(33-23)19-13-30-34(14-19)38(35,36)21-7-8-21/h9-17,21,29,31H,3-4,7-8,27H2,1-2H3. The van der Waals surface area contributed by atoms with Crippen LogP contribution >= 0.6 is 11.3 Å². The van der Waals surface area contributed by atoms with Gasteiger partial charge >= 0.3 is 0 Å². The van der Waals surface area contributed by atoms with Gasteiger partial charge in [0.15, 0.2) is 11.5 Å². The Labute approximate surface area is 225 Å². The number of thiazole rings is 1. The zero-order valence-corrected chi connectivity index (χ0v) is 22.7. The van der Waals surface area contributed by atoms with Gasteiger partial charge in [-0.3, -0.25) is 0 Å². The average Bonchev–Trinajstić information content (AvgIpc) is 3.82. The molecule has 196 valence electrons. The van der Waals surface area contributed by atoms with Gasteiger partial charge < -0.3 is 16.4 Å². The molecule has 0 radical (unpaired) electrons. The quantitative estimate of drug-likeness (QED) is 0.380. The van der Waals surface area contributed by atoms with Crippen molar-refractivity contribution >= 4 is 21.4 Å². The first kappa shape index (κ1) is 24.8. The van der Waals surface area contributed by atoms with Crippen molar-refractivity contribution in [3.63, 3.8) is 0 Å². The number of nitrogens with one attached hydrogen (secondary N) is 2. The summed E-state index contributed by atoms with van der Waals surface area (Å²) in [5, 5.41) is 13.5. The molecule has 1 aliphatic heterocycles. The van der Waals surface area contributed by atoms with Crippen LogP contribution in [0.3, 0.4) is 0 Å². The smallest absolute Gasteiger partial charge is 0.256 e. The molecule has 3 aliphatic rings. The zero-order valence-electron chi connectivity index (χ0n) is 21.0. The minimum absolute atomic E-state index is 0.148. The van der Waals surface area contributed by atoms with Crippen LogP contribution in [0.1, 0.15) is 61.8 Å². The highest BCUT2D eigenvalue weighted by atomic mass is 32.2. The van der Waals surface area contributed by atoms with Gasteiger partial charge in [-0.25, -0.2) is 23.4 Å². The third kappa shape index (κ3) is 4.97. The first-order valence-electron chi connectivity index (χ1n) is 12.6. The van der Waals surface area contributed by atoms with Crippen molar-refractivity contribution in [1.82, 2.24) is 34.8 Å². The van der Waals surface area contributed by atoms with Crippen LogP contribution < -0.4 is 16.4 Å². The third-order valence-corrected chi connectivity index (χ3v) is 9.48. The van der Waals surface area contributed by atoms with Gasteiger partial charge in [-0.05, 0) is 57.6 Å². The summed E-state index contributed by atoms with van der Waals surface area (Å²) in [7, 11) is -3.48. The second-order valence-corrected chi connectivity index (χ2v) is 13.1. The lowest BCUT2D eigenvalue weighted by Crippen LogP contribution is -2.50. The van der Waals surface area contributed by atoms with E-state index in [4.69, 9.17) is 5.73 Å². The van der Waals surface area contributed by atoms with Gasteiger partial charge in [-0.15, -0.1) is 11.3 Å². The molecule has 0 saturated heterocycles. The van der Waals surface area contributed by atoms with Gasteiger partial charge in [-0.1, -0.05) is 5.92 Å². The summed E-state index contributed by atoms with van der Waals surface area (Å²) in [5.74, 6) is 7.35. The van der Waals surface area contributed by atoms with Crippen LogP contribution in [0.25, 0.3) is 11.4 Å². The molecule has 0 spiro atoms. The highest BCUT2D eigenvalue weighted by molar-refractivity contribution is 7.90. The van der Waals surface area contributed by atoms with E-state index in [0.29, 0.717) is 35.8 Å². The fraction of sp³-hybridized carbons (Fsp3) is 0.385. The average molecular weight is 549 g/mol. The van der Waals surface area contributed by atoms with E-state index < -0.39 is 15.7 Å². The normalized spacial score (nSPS) is 21.3. The molecule has 0 aromatic carbocycles. The molecule has 2 fully saturated rings. The summed E-state index contributed by atoms with van der Waals surface area (Å²) < 4.78 is 26.1. The molecule has 2 aliphatic carbocycles. The lowest BCUT2D eigenvalue weighted by atomic mass is 9.98. The molecule has 4 heterocycles. The van der Waals surface area contributed by atoms with Gasteiger partial charge in [0.25, 0.3) is 10.0 Å². The van der Waals surface area contributed by atoms with Crippen molar-refractivity contribution in [3.05, 3.63) is 70.0 Å². The molecular formula is C26H28N8O2S2. The SMILES string of the molecule is CC(C)NC1=CC(N)(c2ccnc(-c3cnn(S(=O)(=O)C4CC4)c3)n2)NC=C1C#Cc1csc(C2CC2)n1. The van der Waals surface area contributed by atoms with E-state index in [-0.39, 0.29) is 11.3 Å². The Bertz CT molecular complexity index is 1620. The van der Waals surface area contributed by atoms with E-state index in [1.807, 2.05) is 25.3 Å². The zero-order chi connectivity index (χ0) is 26.5. The molecular weight excluding hydrogens is 520 g/mol. The molecule has 1 unspecified atom stereocenters. The van der Waals surface area contributed by atoms with Crippen LogP contribution in [-0.4, -0.2) is 43.8 Å². The number of allylic oxidation sites excluding steroid dienone is 1.